The van der Waals surface area contributed by atoms with Gasteiger partial charge in [0.2, 0.25) is 0 Å². The van der Waals surface area contributed by atoms with Crippen LogP contribution in [0.3, 0.4) is 0 Å². The summed E-state index contributed by atoms with van der Waals surface area (Å²) in [7, 11) is 0. The van der Waals surface area contributed by atoms with Gasteiger partial charge in [0.25, 0.3) is 11.8 Å². The molecular weight excluding hydrogens is 350 g/mol. The highest BCUT2D eigenvalue weighted by Gasteiger charge is 2.56. The summed E-state index contributed by atoms with van der Waals surface area (Å²) >= 11 is 0. The van der Waals surface area contributed by atoms with Gasteiger partial charge in [-0.1, -0.05) is 20.8 Å². The normalized spacial score (nSPS) is 30.8. The number of hydrogen-bond donors (Lipinski definition) is 2. The van der Waals surface area contributed by atoms with Gasteiger partial charge in [0.15, 0.2) is 6.10 Å². The number of nitrogens with one attached hydrogen (secondary N) is 2. The minimum absolute atomic E-state index is 0.0768. The maximum Gasteiger partial charge on any atom is 0.327 e. The van der Waals surface area contributed by atoms with Crippen LogP contribution >= 0.6 is 0 Å². The SMILES string of the molecule is C[C@H]1CC(C)(C)C[C@@]2(C1)NC(=O)N(CC(=O)O[C@@H](C)C(=O)NC1CC1)C2=O. The summed E-state index contributed by atoms with van der Waals surface area (Å²) in [4.78, 5) is 50.4. The molecule has 1 heterocycles. The van der Waals surface area contributed by atoms with Gasteiger partial charge in [0.05, 0.1) is 0 Å². The Bertz CT molecular complexity index is 672. The molecular formula is C19H29N3O5. The van der Waals surface area contributed by atoms with Gasteiger partial charge in [0, 0.05) is 6.04 Å². The number of nitrogens with zero attached hydrogens (tertiary/aromatic N) is 1. The quantitative estimate of drug-likeness (QED) is 0.554. The third-order valence-electron chi connectivity index (χ3n) is 5.51. The average molecular weight is 379 g/mol. The highest BCUT2D eigenvalue weighted by Crippen LogP contribution is 2.46. The van der Waals surface area contributed by atoms with E-state index in [1.807, 2.05) is 0 Å². The molecule has 0 aromatic heterocycles. The molecule has 4 amide bonds. The van der Waals surface area contributed by atoms with E-state index in [9.17, 15) is 19.2 Å². The first-order valence-corrected chi connectivity index (χ1v) is 9.65. The van der Waals surface area contributed by atoms with Crippen LogP contribution in [0.5, 0.6) is 0 Å². The highest BCUT2D eigenvalue weighted by molar-refractivity contribution is 6.08. The maximum absolute atomic E-state index is 13.0. The van der Waals surface area contributed by atoms with Crippen LogP contribution in [-0.2, 0) is 19.1 Å². The van der Waals surface area contributed by atoms with Crippen molar-refractivity contribution in [3.63, 3.8) is 0 Å². The Balaban J connectivity index is 1.61. The van der Waals surface area contributed by atoms with Crippen molar-refractivity contribution < 1.29 is 23.9 Å². The molecule has 27 heavy (non-hydrogen) atoms. The van der Waals surface area contributed by atoms with Gasteiger partial charge in [-0.25, -0.2) is 4.79 Å². The van der Waals surface area contributed by atoms with Crippen LogP contribution in [0.15, 0.2) is 0 Å². The lowest BCUT2D eigenvalue weighted by atomic mass is 9.64. The van der Waals surface area contributed by atoms with Crippen LogP contribution < -0.4 is 10.6 Å². The molecule has 0 radical (unpaired) electrons. The monoisotopic (exact) mass is 379 g/mol. The van der Waals surface area contributed by atoms with Gasteiger partial charge < -0.3 is 15.4 Å². The number of amides is 4. The Morgan fingerprint density at radius 3 is 2.56 bits per heavy atom. The van der Waals surface area contributed by atoms with E-state index in [1.165, 1.54) is 6.92 Å². The van der Waals surface area contributed by atoms with Crippen LogP contribution in [0, 0.1) is 11.3 Å². The molecule has 2 aliphatic carbocycles. The van der Waals surface area contributed by atoms with Gasteiger partial charge in [-0.2, -0.15) is 0 Å². The molecule has 8 heteroatoms. The van der Waals surface area contributed by atoms with Crippen molar-refractivity contribution in [3.8, 4) is 0 Å². The predicted molar refractivity (Wildman–Crippen MR) is 96.5 cm³/mol. The Labute approximate surface area is 159 Å². The van der Waals surface area contributed by atoms with E-state index in [2.05, 4.69) is 31.4 Å². The predicted octanol–water partition coefficient (Wildman–Crippen LogP) is 1.33. The smallest absolute Gasteiger partial charge is 0.327 e. The second-order valence-corrected chi connectivity index (χ2v) is 9.17. The average Bonchev–Trinajstić information content (AvgIpc) is 3.29. The summed E-state index contributed by atoms with van der Waals surface area (Å²) in [6.07, 6.45) is 3.00. The lowest BCUT2D eigenvalue weighted by Gasteiger charge is -2.43. The topological polar surface area (TPSA) is 105 Å². The van der Waals surface area contributed by atoms with Crippen LogP contribution in [0.2, 0.25) is 0 Å². The number of carbonyl (C=O) groups excluding carboxylic acids is 4. The Hall–Kier alpha value is -2.12. The number of hydrogen-bond acceptors (Lipinski definition) is 5. The Kier molecular flexibility index (Phi) is 4.94. The fourth-order valence-electron chi connectivity index (χ4n) is 4.61. The van der Waals surface area contributed by atoms with Crippen molar-refractivity contribution in [3.05, 3.63) is 0 Å². The third-order valence-corrected chi connectivity index (χ3v) is 5.51. The molecule has 1 spiro atoms. The van der Waals surface area contributed by atoms with Crippen LogP contribution in [-0.4, -0.2) is 52.9 Å². The van der Waals surface area contributed by atoms with Gasteiger partial charge in [-0.15, -0.1) is 0 Å². The first kappa shape index (κ1) is 19.6. The fourth-order valence-corrected chi connectivity index (χ4v) is 4.61. The molecule has 8 nitrogen and oxygen atoms in total. The molecule has 0 aromatic carbocycles. The molecule has 3 fully saturated rings. The first-order valence-electron chi connectivity index (χ1n) is 9.65. The van der Waals surface area contributed by atoms with Crippen molar-refractivity contribution in [1.29, 1.82) is 0 Å². The first-order chi connectivity index (χ1) is 12.5. The van der Waals surface area contributed by atoms with Gasteiger partial charge in [-0.3, -0.25) is 19.3 Å². The summed E-state index contributed by atoms with van der Waals surface area (Å²) in [5.41, 5.74) is -1.03. The van der Waals surface area contributed by atoms with E-state index < -0.39 is 30.2 Å². The number of rotatable bonds is 5. The molecule has 3 aliphatic rings. The number of imide groups is 1. The summed E-state index contributed by atoms with van der Waals surface area (Å²) in [5, 5.41) is 5.58. The molecule has 0 unspecified atom stereocenters. The molecule has 0 bridgehead atoms. The third kappa shape index (κ3) is 4.25. The van der Waals surface area contributed by atoms with E-state index >= 15 is 0 Å². The minimum atomic E-state index is -0.957. The Morgan fingerprint density at radius 1 is 1.30 bits per heavy atom. The molecule has 1 saturated heterocycles. The lowest BCUT2D eigenvalue weighted by molar-refractivity contribution is -0.157. The molecule has 1 aliphatic heterocycles. The zero-order chi connectivity index (χ0) is 20.0. The van der Waals surface area contributed by atoms with Crippen molar-refractivity contribution >= 4 is 23.8 Å². The zero-order valence-electron chi connectivity index (χ0n) is 16.5. The molecule has 2 saturated carbocycles. The van der Waals surface area contributed by atoms with Gasteiger partial charge in [0.1, 0.15) is 12.1 Å². The largest absolute Gasteiger partial charge is 0.451 e. The number of ether oxygens (including phenoxy) is 1. The molecule has 3 atom stereocenters. The standard InChI is InChI=1S/C19H29N3O5/c1-11-7-18(3,4)10-19(8-11)16(25)22(17(26)21-19)9-14(23)27-12(2)15(24)20-13-5-6-13/h11-13H,5-10H2,1-4H3,(H,20,24)(H,21,26)/t11-,12-,19+/m0/s1. The van der Waals surface area contributed by atoms with Crippen molar-refractivity contribution in [2.45, 2.75) is 77.5 Å². The van der Waals surface area contributed by atoms with Crippen LogP contribution in [0.4, 0.5) is 4.79 Å². The molecule has 2 N–H and O–H groups in total. The van der Waals surface area contributed by atoms with Crippen molar-refractivity contribution in [1.82, 2.24) is 15.5 Å². The summed E-state index contributed by atoms with van der Waals surface area (Å²) in [6, 6.07) is -0.405. The lowest BCUT2D eigenvalue weighted by Crippen LogP contribution is -2.54. The maximum atomic E-state index is 13.0. The highest BCUT2D eigenvalue weighted by atomic mass is 16.5. The van der Waals surface area contributed by atoms with E-state index in [0.717, 1.165) is 24.2 Å². The van der Waals surface area contributed by atoms with Crippen molar-refractivity contribution in [2.24, 2.45) is 11.3 Å². The van der Waals surface area contributed by atoms with E-state index in [4.69, 9.17) is 4.74 Å². The Morgan fingerprint density at radius 2 is 1.96 bits per heavy atom. The zero-order valence-corrected chi connectivity index (χ0v) is 16.5. The summed E-state index contributed by atoms with van der Waals surface area (Å²) in [5.74, 6) is -1.21. The van der Waals surface area contributed by atoms with Crippen molar-refractivity contribution in [2.75, 3.05) is 6.54 Å². The summed E-state index contributed by atoms with van der Waals surface area (Å²) < 4.78 is 5.11. The van der Waals surface area contributed by atoms with E-state index in [-0.39, 0.29) is 29.2 Å². The minimum Gasteiger partial charge on any atom is -0.451 e. The van der Waals surface area contributed by atoms with E-state index in [1.54, 1.807) is 0 Å². The van der Waals surface area contributed by atoms with Crippen LogP contribution in [0.1, 0.15) is 59.8 Å². The second-order valence-electron chi connectivity index (χ2n) is 9.17. The molecule has 3 rings (SSSR count). The van der Waals surface area contributed by atoms with Gasteiger partial charge >= 0.3 is 12.0 Å². The second kappa shape index (κ2) is 6.80. The van der Waals surface area contributed by atoms with E-state index in [0.29, 0.717) is 12.8 Å². The number of carbonyl (C=O) groups is 4. The number of esters is 1. The molecule has 150 valence electrons. The fraction of sp³-hybridized carbons (Fsp3) is 0.789. The van der Waals surface area contributed by atoms with Crippen LogP contribution in [0.25, 0.3) is 0 Å². The molecule has 0 aromatic rings. The summed E-state index contributed by atoms with van der Waals surface area (Å²) in [6.45, 7) is 7.23. The van der Waals surface area contributed by atoms with Gasteiger partial charge in [-0.05, 0) is 50.4 Å². The number of urea groups is 1.